The molecule has 1 amide bonds. The Hall–Kier alpha value is -2.41. The number of carbonyl (C=O) groups is 1. The van der Waals surface area contributed by atoms with Crippen LogP contribution in [0.25, 0.3) is 0 Å². The maximum atomic E-state index is 12.5. The predicted molar refractivity (Wildman–Crippen MR) is 129 cm³/mol. The van der Waals surface area contributed by atoms with Crippen LogP contribution in [0.1, 0.15) is 41.1 Å². The predicted octanol–water partition coefficient (Wildman–Crippen LogP) is 5.22. The summed E-state index contributed by atoms with van der Waals surface area (Å²) in [4.78, 5) is 19.5. The molecule has 1 aromatic heterocycles. The summed E-state index contributed by atoms with van der Waals surface area (Å²) < 4.78 is 5.73. The van der Waals surface area contributed by atoms with Crippen LogP contribution in [-0.4, -0.2) is 28.9 Å². The van der Waals surface area contributed by atoms with Crippen molar-refractivity contribution in [2.24, 2.45) is 0 Å². The van der Waals surface area contributed by atoms with Gasteiger partial charge in [0.25, 0.3) is 0 Å². The Balaban J connectivity index is 1.25. The van der Waals surface area contributed by atoms with Crippen LogP contribution in [0.2, 0.25) is 5.02 Å². The second-order valence-electron chi connectivity index (χ2n) is 8.03. The minimum absolute atomic E-state index is 0.0201. The summed E-state index contributed by atoms with van der Waals surface area (Å²) in [5, 5.41) is 6.50. The Kier molecular flexibility index (Phi) is 8.15. The van der Waals surface area contributed by atoms with Crippen molar-refractivity contribution in [1.82, 2.24) is 15.2 Å². The maximum absolute atomic E-state index is 12.5. The number of likely N-dealkylation sites (tertiary alicyclic amines) is 1. The van der Waals surface area contributed by atoms with Gasteiger partial charge in [-0.25, -0.2) is 4.98 Å². The molecule has 7 heteroatoms. The van der Waals surface area contributed by atoms with Gasteiger partial charge in [0.1, 0.15) is 17.4 Å². The molecule has 4 rings (SSSR count). The number of aromatic nitrogens is 1. The number of nitrogens with zero attached hydrogens (tertiary/aromatic N) is 2. The van der Waals surface area contributed by atoms with Crippen LogP contribution in [0.5, 0.6) is 5.75 Å². The molecule has 1 saturated heterocycles. The van der Waals surface area contributed by atoms with Gasteiger partial charge in [-0.2, -0.15) is 0 Å². The van der Waals surface area contributed by atoms with Crippen molar-refractivity contribution in [2.45, 2.75) is 45.4 Å². The number of carbonyl (C=O) groups excluding carboxylic acids is 1. The molecule has 1 N–H and O–H groups in total. The number of piperidine rings is 1. The second-order valence-corrected chi connectivity index (χ2v) is 9.41. The molecule has 2 heterocycles. The summed E-state index contributed by atoms with van der Waals surface area (Å²) >= 11 is 7.39. The maximum Gasteiger partial charge on any atom is 0.226 e. The highest BCUT2D eigenvalue weighted by Crippen LogP contribution is 2.19. The van der Waals surface area contributed by atoms with Gasteiger partial charge >= 0.3 is 0 Å². The highest BCUT2D eigenvalue weighted by atomic mass is 35.5. The third-order valence-corrected chi connectivity index (χ3v) is 6.68. The van der Waals surface area contributed by atoms with Crippen molar-refractivity contribution >= 4 is 28.8 Å². The fourth-order valence-electron chi connectivity index (χ4n) is 3.84. The fraction of sp³-hybridized carbons (Fsp3) is 0.360. The zero-order chi connectivity index (χ0) is 22.2. The van der Waals surface area contributed by atoms with Crippen molar-refractivity contribution in [3.8, 4) is 5.75 Å². The third kappa shape index (κ3) is 6.79. The van der Waals surface area contributed by atoms with E-state index in [1.165, 1.54) is 41.7 Å². The quantitative estimate of drug-likeness (QED) is 0.466. The molecule has 0 unspecified atom stereocenters. The number of hydrogen-bond donors (Lipinski definition) is 1. The van der Waals surface area contributed by atoms with E-state index >= 15 is 0 Å². The van der Waals surface area contributed by atoms with Crippen LogP contribution in [-0.2, 0) is 30.9 Å². The molecule has 1 fully saturated rings. The van der Waals surface area contributed by atoms with Gasteiger partial charge in [-0.1, -0.05) is 42.3 Å². The Bertz CT molecular complexity index is 1020. The molecular weight excluding hydrogens is 442 g/mol. The summed E-state index contributed by atoms with van der Waals surface area (Å²) in [5.41, 5.74) is 3.25. The van der Waals surface area contributed by atoms with E-state index in [9.17, 15) is 4.79 Å². The molecular formula is C25H28ClN3O2S. The van der Waals surface area contributed by atoms with E-state index in [1.807, 2.05) is 23.6 Å². The van der Waals surface area contributed by atoms with Gasteiger partial charge in [0, 0.05) is 23.5 Å². The topological polar surface area (TPSA) is 54.5 Å². The smallest absolute Gasteiger partial charge is 0.226 e. The van der Waals surface area contributed by atoms with Crippen molar-refractivity contribution < 1.29 is 9.53 Å². The molecule has 1 aliphatic rings. The van der Waals surface area contributed by atoms with E-state index in [4.69, 9.17) is 16.3 Å². The lowest BCUT2D eigenvalue weighted by molar-refractivity contribution is -0.120. The van der Waals surface area contributed by atoms with Gasteiger partial charge in [-0.15, -0.1) is 11.3 Å². The van der Waals surface area contributed by atoms with E-state index < -0.39 is 0 Å². The summed E-state index contributed by atoms with van der Waals surface area (Å²) in [6.45, 7) is 4.19. The first-order valence-electron chi connectivity index (χ1n) is 11.0. The molecule has 1 aliphatic heterocycles. The SMILES string of the molecule is O=C(Cc1csc(COc2ccc(Cl)cc2)n1)NCc1ccccc1CN1CCCCC1. The lowest BCUT2D eigenvalue weighted by Crippen LogP contribution is -2.30. The van der Waals surface area contributed by atoms with E-state index in [0.29, 0.717) is 18.2 Å². The highest BCUT2D eigenvalue weighted by Gasteiger charge is 2.13. The van der Waals surface area contributed by atoms with E-state index in [2.05, 4.69) is 33.4 Å². The van der Waals surface area contributed by atoms with Crippen LogP contribution < -0.4 is 10.1 Å². The van der Waals surface area contributed by atoms with Crippen LogP contribution in [0.3, 0.4) is 0 Å². The van der Waals surface area contributed by atoms with Gasteiger partial charge in [0.2, 0.25) is 5.91 Å². The van der Waals surface area contributed by atoms with E-state index in [1.54, 1.807) is 12.1 Å². The standard InChI is InChI=1S/C25H28ClN3O2S/c26-21-8-10-23(11-9-21)31-17-25-28-22(18-32-25)14-24(30)27-15-19-6-2-3-7-20(19)16-29-12-4-1-5-13-29/h2-3,6-11,18H,1,4-5,12-17H2,(H,27,30). The molecule has 0 radical (unpaired) electrons. The van der Waals surface area contributed by atoms with Gasteiger partial charge in [0.15, 0.2) is 0 Å². The Morgan fingerprint density at radius 1 is 1.06 bits per heavy atom. The molecule has 0 saturated carbocycles. The number of ether oxygens (including phenoxy) is 1. The van der Waals surface area contributed by atoms with Crippen LogP contribution in [0.15, 0.2) is 53.9 Å². The van der Waals surface area contributed by atoms with Crippen LogP contribution in [0.4, 0.5) is 0 Å². The number of halogens is 1. The molecule has 0 atom stereocenters. The number of thiazole rings is 1. The summed E-state index contributed by atoms with van der Waals surface area (Å²) in [6.07, 6.45) is 4.16. The fourth-order valence-corrected chi connectivity index (χ4v) is 4.67. The average Bonchev–Trinajstić information content (AvgIpc) is 3.26. The van der Waals surface area contributed by atoms with E-state index in [-0.39, 0.29) is 12.3 Å². The second kappa shape index (κ2) is 11.5. The number of hydrogen-bond acceptors (Lipinski definition) is 5. The van der Waals surface area contributed by atoms with Crippen molar-refractivity contribution in [3.63, 3.8) is 0 Å². The highest BCUT2D eigenvalue weighted by molar-refractivity contribution is 7.09. The minimum atomic E-state index is -0.0201. The van der Waals surface area contributed by atoms with Gasteiger partial charge in [-0.05, 0) is 61.3 Å². The summed E-state index contributed by atoms with van der Waals surface area (Å²) in [7, 11) is 0. The summed E-state index contributed by atoms with van der Waals surface area (Å²) in [6, 6.07) is 15.6. The van der Waals surface area contributed by atoms with Crippen molar-refractivity contribution in [1.29, 1.82) is 0 Å². The van der Waals surface area contributed by atoms with Crippen molar-refractivity contribution in [3.05, 3.63) is 80.8 Å². The Labute approximate surface area is 198 Å². The first-order chi connectivity index (χ1) is 15.7. The number of nitrogens with one attached hydrogen (secondary N) is 1. The first kappa shape index (κ1) is 22.8. The normalized spacial score (nSPS) is 14.3. The van der Waals surface area contributed by atoms with Crippen LogP contribution in [0, 0.1) is 0 Å². The molecule has 0 bridgehead atoms. The number of rotatable bonds is 9. The molecule has 5 nitrogen and oxygen atoms in total. The first-order valence-corrected chi connectivity index (χ1v) is 12.3. The lowest BCUT2D eigenvalue weighted by atomic mass is 10.0. The van der Waals surface area contributed by atoms with Crippen molar-refractivity contribution in [2.75, 3.05) is 13.1 Å². The molecule has 0 spiro atoms. The number of amides is 1. The molecule has 168 valence electrons. The largest absolute Gasteiger partial charge is 0.486 e. The molecule has 2 aromatic carbocycles. The lowest BCUT2D eigenvalue weighted by Gasteiger charge is -2.27. The van der Waals surface area contributed by atoms with Gasteiger partial charge < -0.3 is 10.1 Å². The summed E-state index contributed by atoms with van der Waals surface area (Å²) in [5.74, 6) is 0.723. The number of benzene rings is 2. The van der Waals surface area contributed by atoms with E-state index in [0.717, 1.165) is 36.1 Å². The van der Waals surface area contributed by atoms with Crippen LogP contribution >= 0.6 is 22.9 Å². The molecule has 3 aromatic rings. The monoisotopic (exact) mass is 469 g/mol. The molecule has 0 aliphatic carbocycles. The Morgan fingerprint density at radius 2 is 1.81 bits per heavy atom. The zero-order valence-corrected chi connectivity index (χ0v) is 19.6. The van der Waals surface area contributed by atoms with Gasteiger partial charge in [-0.3, -0.25) is 9.69 Å². The Morgan fingerprint density at radius 3 is 2.59 bits per heavy atom. The third-order valence-electron chi connectivity index (χ3n) is 5.55. The van der Waals surface area contributed by atoms with Gasteiger partial charge in [0.05, 0.1) is 12.1 Å². The zero-order valence-electron chi connectivity index (χ0n) is 18.1. The minimum Gasteiger partial charge on any atom is -0.486 e. The molecule has 32 heavy (non-hydrogen) atoms. The average molecular weight is 470 g/mol.